The number of imidazole rings is 1. The number of aromatic nitrogens is 4. The van der Waals surface area contributed by atoms with Crippen molar-refractivity contribution in [3.8, 4) is 0 Å². The lowest BCUT2D eigenvalue weighted by molar-refractivity contribution is 0.0933. The zero-order valence-electron chi connectivity index (χ0n) is 11.4. The number of rotatable bonds is 4. The standard InChI is InChI=1S/C12H15N5O2S/c1-6-8(11(20-3)17-12(19)16-6)10(18)15-7(2)9-13-4-5-14-9/h4-5,7H,1-3H3,(H,13,14)(H,15,18)(H,16,17,19). The minimum absolute atomic E-state index is 0.265. The Morgan fingerprint density at radius 1 is 1.50 bits per heavy atom. The molecule has 0 aliphatic carbocycles. The molecule has 0 aliphatic rings. The molecule has 0 saturated heterocycles. The Bertz CT molecular complexity index is 665. The van der Waals surface area contributed by atoms with Crippen molar-refractivity contribution in [3.63, 3.8) is 0 Å². The topological polar surface area (TPSA) is 104 Å². The molecule has 0 aromatic carbocycles. The lowest BCUT2D eigenvalue weighted by Crippen LogP contribution is -2.30. The summed E-state index contributed by atoms with van der Waals surface area (Å²) in [5.74, 6) is 0.374. The molecule has 2 aromatic heterocycles. The molecule has 106 valence electrons. The van der Waals surface area contributed by atoms with Crippen LogP contribution in [0.2, 0.25) is 0 Å². The van der Waals surface area contributed by atoms with E-state index in [4.69, 9.17) is 0 Å². The largest absolute Gasteiger partial charge is 0.347 e. The molecule has 3 N–H and O–H groups in total. The Hall–Kier alpha value is -2.09. The maximum Gasteiger partial charge on any atom is 0.346 e. The van der Waals surface area contributed by atoms with Crippen LogP contribution in [0.4, 0.5) is 0 Å². The highest BCUT2D eigenvalue weighted by molar-refractivity contribution is 7.98. The quantitative estimate of drug-likeness (QED) is 0.576. The second-order valence-corrected chi connectivity index (χ2v) is 5.02. The number of thioether (sulfide) groups is 1. The normalized spacial score (nSPS) is 12.2. The van der Waals surface area contributed by atoms with Crippen LogP contribution in [0.25, 0.3) is 0 Å². The van der Waals surface area contributed by atoms with Crippen molar-refractivity contribution in [2.75, 3.05) is 6.26 Å². The number of H-pyrrole nitrogens is 2. The average Bonchev–Trinajstić information content (AvgIpc) is 2.91. The first-order valence-electron chi connectivity index (χ1n) is 5.98. The second kappa shape index (κ2) is 5.91. The van der Waals surface area contributed by atoms with Gasteiger partial charge in [-0.1, -0.05) is 0 Å². The van der Waals surface area contributed by atoms with E-state index in [0.717, 1.165) is 0 Å². The van der Waals surface area contributed by atoms with Crippen LogP contribution >= 0.6 is 11.8 Å². The van der Waals surface area contributed by atoms with E-state index in [1.54, 1.807) is 25.6 Å². The van der Waals surface area contributed by atoms with E-state index in [-0.39, 0.29) is 11.9 Å². The highest BCUT2D eigenvalue weighted by Crippen LogP contribution is 2.19. The summed E-state index contributed by atoms with van der Waals surface area (Å²) < 4.78 is 0. The van der Waals surface area contributed by atoms with E-state index < -0.39 is 5.69 Å². The maximum atomic E-state index is 12.3. The first-order chi connectivity index (χ1) is 9.52. The number of carbonyl (C=O) groups is 1. The Labute approximate surface area is 119 Å². The third kappa shape index (κ3) is 2.90. The number of carbonyl (C=O) groups excluding carboxylic acids is 1. The summed E-state index contributed by atoms with van der Waals surface area (Å²) in [4.78, 5) is 37.0. The maximum absolute atomic E-state index is 12.3. The van der Waals surface area contributed by atoms with Crippen molar-refractivity contribution >= 4 is 17.7 Å². The summed E-state index contributed by atoms with van der Waals surface area (Å²) >= 11 is 1.26. The van der Waals surface area contributed by atoms with Gasteiger partial charge in [0.2, 0.25) is 0 Å². The lowest BCUT2D eigenvalue weighted by atomic mass is 10.2. The van der Waals surface area contributed by atoms with Crippen LogP contribution < -0.4 is 11.0 Å². The van der Waals surface area contributed by atoms with Crippen molar-refractivity contribution in [2.45, 2.75) is 24.9 Å². The summed E-state index contributed by atoms with van der Waals surface area (Å²) in [6.07, 6.45) is 5.09. The number of nitrogens with one attached hydrogen (secondary N) is 3. The fourth-order valence-electron chi connectivity index (χ4n) is 1.83. The van der Waals surface area contributed by atoms with Crippen molar-refractivity contribution < 1.29 is 4.79 Å². The molecule has 0 aliphatic heterocycles. The minimum atomic E-state index is -0.456. The molecule has 20 heavy (non-hydrogen) atoms. The zero-order valence-corrected chi connectivity index (χ0v) is 12.2. The Morgan fingerprint density at radius 3 is 2.85 bits per heavy atom. The number of hydrogen-bond donors (Lipinski definition) is 3. The zero-order chi connectivity index (χ0) is 14.7. The number of hydrogen-bond acceptors (Lipinski definition) is 5. The smallest absolute Gasteiger partial charge is 0.346 e. The molecule has 0 spiro atoms. The first-order valence-corrected chi connectivity index (χ1v) is 7.20. The molecular weight excluding hydrogens is 278 g/mol. The van der Waals surface area contributed by atoms with Crippen molar-refractivity contribution in [1.82, 2.24) is 25.3 Å². The van der Waals surface area contributed by atoms with Crippen molar-refractivity contribution in [2.24, 2.45) is 0 Å². The van der Waals surface area contributed by atoms with Gasteiger partial charge in [-0.3, -0.25) is 4.79 Å². The molecule has 0 saturated carbocycles. The van der Waals surface area contributed by atoms with Crippen LogP contribution in [-0.4, -0.2) is 32.1 Å². The molecule has 0 bridgehead atoms. The number of aryl methyl sites for hydroxylation is 1. The van der Waals surface area contributed by atoms with E-state index in [1.807, 2.05) is 6.92 Å². The van der Waals surface area contributed by atoms with Gasteiger partial charge in [-0.25, -0.2) is 9.78 Å². The number of amides is 1. The van der Waals surface area contributed by atoms with Gasteiger partial charge in [0.15, 0.2) is 0 Å². The number of aromatic amines is 2. The molecule has 2 rings (SSSR count). The van der Waals surface area contributed by atoms with E-state index in [9.17, 15) is 9.59 Å². The molecule has 0 fully saturated rings. The second-order valence-electron chi connectivity index (χ2n) is 4.22. The molecule has 7 nitrogen and oxygen atoms in total. The third-order valence-corrected chi connectivity index (χ3v) is 3.47. The van der Waals surface area contributed by atoms with Gasteiger partial charge in [-0.2, -0.15) is 4.98 Å². The van der Waals surface area contributed by atoms with Crippen LogP contribution in [0.1, 0.15) is 34.8 Å². The molecule has 1 atom stereocenters. The van der Waals surface area contributed by atoms with Gasteiger partial charge < -0.3 is 15.3 Å². The summed E-state index contributed by atoms with van der Waals surface area (Å²) in [6.45, 7) is 3.50. The predicted octanol–water partition coefficient (Wildman–Crippen LogP) is 1.01. The van der Waals surface area contributed by atoms with Crippen LogP contribution in [-0.2, 0) is 0 Å². The molecular formula is C12H15N5O2S. The Balaban J connectivity index is 2.28. The molecule has 0 radical (unpaired) electrons. The van der Waals surface area contributed by atoms with Crippen LogP contribution in [0.3, 0.4) is 0 Å². The van der Waals surface area contributed by atoms with E-state index in [0.29, 0.717) is 22.1 Å². The molecule has 8 heteroatoms. The summed E-state index contributed by atoms with van der Waals surface area (Å²) in [5, 5.41) is 3.24. The van der Waals surface area contributed by atoms with Crippen molar-refractivity contribution in [1.29, 1.82) is 0 Å². The highest BCUT2D eigenvalue weighted by atomic mass is 32.2. The van der Waals surface area contributed by atoms with Crippen molar-refractivity contribution in [3.05, 3.63) is 40.0 Å². The summed E-state index contributed by atoms with van der Waals surface area (Å²) in [6, 6.07) is -0.265. The minimum Gasteiger partial charge on any atom is -0.347 e. The van der Waals surface area contributed by atoms with Crippen LogP contribution in [0, 0.1) is 6.92 Å². The van der Waals surface area contributed by atoms with Gasteiger partial charge in [0.25, 0.3) is 5.91 Å². The van der Waals surface area contributed by atoms with E-state index >= 15 is 0 Å². The highest BCUT2D eigenvalue weighted by Gasteiger charge is 2.19. The molecule has 2 heterocycles. The van der Waals surface area contributed by atoms with Gasteiger partial charge in [0.1, 0.15) is 10.9 Å². The molecule has 1 unspecified atom stereocenters. The Kier molecular flexibility index (Phi) is 4.23. The van der Waals surface area contributed by atoms with E-state index in [1.165, 1.54) is 11.8 Å². The predicted molar refractivity (Wildman–Crippen MR) is 75.8 cm³/mol. The van der Waals surface area contributed by atoms with Gasteiger partial charge in [0.05, 0.1) is 11.6 Å². The summed E-state index contributed by atoms with van der Waals surface area (Å²) in [7, 11) is 0. The Morgan fingerprint density at radius 2 is 2.25 bits per heavy atom. The third-order valence-electron chi connectivity index (χ3n) is 2.78. The SMILES string of the molecule is CSc1nc(=O)[nH]c(C)c1C(=O)NC(C)c1ncc[nH]1. The van der Waals surface area contributed by atoms with Gasteiger partial charge in [-0.15, -0.1) is 11.8 Å². The molecule has 2 aromatic rings. The van der Waals surface area contributed by atoms with Gasteiger partial charge in [0, 0.05) is 18.1 Å². The number of nitrogens with zero attached hydrogens (tertiary/aromatic N) is 2. The monoisotopic (exact) mass is 293 g/mol. The van der Waals surface area contributed by atoms with Gasteiger partial charge >= 0.3 is 5.69 Å². The molecule has 1 amide bonds. The van der Waals surface area contributed by atoms with Gasteiger partial charge in [-0.05, 0) is 20.1 Å². The van der Waals surface area contributed by atoms with Crippen LogP contribution in [0.5, 0.6) is 0 Å². The van der Waals surface area contributed by atoms with E-state index in [2.05, 4.69) is 25.3 Å². The fraction of sp³-hybridized carbons (Fsp3) is 0.333. The first kappa shape index (κ1) is 14.3. The van der Waals surface area contributed by atoms with Crippen LogP contribution in [0.15, 0.2) is 22.2 Å². The lowest BCUT2D eigenvalue weighted by Gasteiger charge is -2.14. The summed E-state index contributed by atoms with van der Waals surface area (Å²) in [5.41, 5.74) is 0.427. The average molecular weight is 293 g/mol. The fourth-order valence-corrected chi connectivity index (χ4v) is 2.45.